The SMILES string of the molecule is O=c1[nH]c(CNCc2cccc(Br)c2)nc2ccccc12. The number of fused-ring (bicyclic) bond motifs is 1. The molecule has 5 heteroatoms. The Hall–Kier alpha value is -1.98. The van der Waals surface area contributed by atoms with E-state index < -0.39 is 0 Å². The van der Waals surface area contributed by atoms with Crippen LogP contribution in [0.5, 0.6) is 0 Å². The van der Waals surface area contributed by atoms with Gasteiger partial charge >= 0.3 is 0 Å². The Morgan fingerprint density at radius 3 is 2.81 bits per heavy atom. The maximum atomic E-state index is 11.9. The van der Waals surface area contributed by atoms with Crippen LogP contribution in [0.15, 0.2) is 57.8 Å². The fourth-order valence-electron chi connectivity index (χ4n) is 2.19. The molecular weight excluding hydrogens is 330 g/mol. The lowest BCUT2D eigenvalue weighted by molar-refractivity contribution is 0.663. The van der Waals surface area contributed by atoms with Gasteiger partial charge in [-0.2, -0.15) is 0 Å². The molecule has 0 aliphatic heterocycles. The first-order valence-corrected chi connectivity index (χ1v) is 7.45. The molecular formula is C16H14BrN3O. The highest BCUT2D eigenvalue weighted by molar-refractivity contribution is 9.10. The van der Waals surface area contributed by atoms with E-state index in [2.05, 4.69) is 37.3 Å². The lowest BCUT2D eigenvalue weighted by atomic mass is 10.2. The summed E-state index contributed by atoms with van der Waals surface area (Å²) in [7, 11) is 0. The minimum absolute atomic E-state index is 0.0974. The molecule has 4 nitrogen and oxygen atoms in total. The number of H-pyrrole nitrogens is 1. The molecule has 3 rings (SSSR count). The van der Waals surface area contributed by atoms with E-state index in [1.807, 2.05) is 36.4 Å². The zero-order valence-electron chi connectivity index (χ0n) is 11.3. The molecule has 2 N–H and O–H groups in total. The predicted molar refractivity (Wildman–Crippen MR) is 87.0 cm³/mol. The first kappa shape index (κ1) is 14.0. The van der Waals surface area contributed by atoms with Crippen LogP contribution in [0.3, 0.4) is 0 Å². The van der Waals surface area contributed by atoms with Crippen LogP contribution in [0.2, 0.25) is 0 Å². The van der Waals surface area contributed by atoms with Gasteiger partial charge in [0.2, 0.25) is 0 Å². The summed E-state index contributed by atoms with van der Waals surface area (Å²) in [5.41, 5.74) is 1.80. The third-order valence-electron chi connectivity index (χ3n) is 3.17. The fourth-order valence-corrected chi connectivity index (χ4v) is 2.64. The summed E-state index contributed by atoms with van der Waals surface area (Å²) in [6.45, 7) is 1.24. The topological polar surface area (TPSA) is 57.8 Å². The second-order valence-electron chi connectivity index (χ2n) is 4.76. The van der Waals surface area contributed by atoms with Gasteiger partial charge in [-0.15, -0.1) is 0 Å². The largest absolute Gasteiger partial charge is 0.309 e. The minimum atomic E-state index is -0.0974. The molecule has 3 aromatic rings. The van der Waals surface area contributed by atoms with Crippen molar-refractivity contribution in [2.75, 3.05) is 0 Å². The average Bonchev–Trinajstić information content (AvgIpc) is 2.47. The van der Waals surface area contributed by atoms with Crippen LogP contribution in [-0.4, -0.2) is 9.97 Å². The molecule has 1 aromatic heterocycles. The second-order valence-corrected chi connectivity index (χ2v) is 5.68. The van der Waals surface area contributed by atoms with Gasteiger partial charge in [0.25, 0.3) is 5.56 Å². The number of nitrogens with zero attached hydrogens (tertiary/aromatic N) is 1. The third kappa shape index (κ3) is 3.37. The standard InChI is InChI=1S/C16H14BrN3O/c17-12-5-3-4-11(8-12)9-18-10-15-19-14-7-2-1-6-13(14)16(21)20-15/h1-8,18H,9-10H2,(H,19,20,21). The van der Waals surface area contributed by atoms with Crippen LogP contribution in [0.1, 0.15) is 11.4 Å². The van der Waals surface area contributed by atoms with Gasteiger partial charge < -0.3 is 10.3 Å². The summed E-state index contributed by atoms with van der Waals surface area (Å²) in [4.78, 5) is 19.2. The lowest BCUT2D eigenvalue weighted by Gasteiger charge is -2.06. The minimum Gasteiger partial charge on any atom is -0.309 e. The van der Waals surface area contributed by atoms with Gasteiger partial charge in [-0.05, 0) is 29.8 Å². The number of aromatic amines is 1. The zero-order valence-corrected chi connectivity index (χ0v) is 12.9. The summed E-state index contributed by atoms with van der Waals surface area (Å²) in [6, 6.07) is 15.4. The smallest absolute Gasteiger partial charge is 0.258 e. The number of hydrogen-bond donors (Lipinski definition) is 2. The van der Waals surface area contributed by atoms with E-state index >= 15 is 0 Å². The Morgan fingerprint density at radius 2 is 1.95 bits per heavy atom. The van der Waals surface area contributed by atoms with Crippen LogP contribution < -0.4 is 10.9 Å². The van der Waals surface area contributed by atoms with Crippen LogP contribution in [0.4, 0.5) is 0 Å². The molecule has 0 radical (unpaired) electrons. The van der Waals surface area contributed by atoms with Crippen molar-refractivity contribution in [1.82, 2.24) is 15.3 Å². The van der Waals surface area contributed by atoms with Crippen LogP contribution in [-0.2, 0) is 13.1 Å². The molecule has 0 saturated carbocycles. The number of hydrogen-bond acceptors (Lipinski definition) is 3. The molecule has 21 heavy (non-hydrogen) atoms. The molecule has 0 bridgehead atoms. The Labute approximate surface area is 130 Å². The summed E-state index contributed by atoms with van der Waals surface area (Å²) in [5.74, 6) is 0.647. The fraction of sp³-hybridized carbons (Fsp3) is 0.125. The van der Waals surface area contributed by atoms with E-state index in [0.717, 1.165) is 16.5 Å². The molecule has 0 fully saturated rings. The van der Waals surface area contributed by atoms with Gasteiger partial charge in [0.15, 0.2) is 0 Å². The second kappa shape index (κ2) is 6.20. The van der Waals surface area contributed by atoms with Gasteiger partial charge in [0.1, 0.15) is 5.82 Å². The molecule has 106 valence electrons. The van der Waals surface area contributed by atoms with Crippen molar-refractivity contribution in [3.63, 3.8) is 0 Å². The van der Waals surface area contributed by atoms with Gasteiger partial charge in [0.05, 0.1) is 17.4 Å². The van der Waals surface area contributed by atoms with E-state index in [0.29, 0.717) is 17.8 Å². The summed E-state index contributed by atoms with van der Waals surface area (Å²) < 4.78 is 1.05. The summed E-state index contributed by atoms with van der Waals surface area (Å²) in [6.07, 6.45) is 0. The number of benzene rings is 2. The van der Waals surface area contributed by atoms with E-state index in [9.17, 15) is 4.79 Å². The quantitative estimate of drug-likeness (QED) is 0.765. The van der Waals surface area contributed by atoms with Crippen molar-refractivity contribution in [3.05, 3.63) is 74.7 Å². The van der Waals surface area contributed by atoms with Gasteiger partial charge in [-0.1, -0.05) is 40.2 Å². The average molecular weight is 344 g/mol. The molecule has 0 unspecified atom stereocenters. The number of halogens is 1. The van der Waals surface area contributed by atoms with Crippen molar-refractivity contribution >= 4 is 26.8 Å². The Bertz CT molecular complexity index is 829. The normalized spacial score (nSPS) is 10.9. The maximum absolute atomic E-state index is 11.9. The third-order valence-corrected chi connectivity index (χ3v) is 3.67. The Kier molecular flexibility index (Phi) is 4.13. The van der Waals surface area contributed by atoms with Crippen molar-refractivity contribution < 1.29 is 0 Å². The number of rotatable bonds is 4. The van der Waals surface area contributed by atoms with Crippen molar-refractivity contribution in [2.24, 2.45) is 0 Å². The van der Waals surface area contributed by atoms with E-state index in [-0.39, 0.29) is 5.56 Å². The first-order valence-electron chi connectivity index (χ1n) is 6.65. The van der Waals surface area contributed by atoms with Gasteiger partial charge in [-0.3, -0.25) is 4.79 Å². The monoisotopic (exact) mass is 343 g/mol. The zero-order chi connectivity index (χ0) is 14.7. The highest BCUT2D eigenvalue weighted by Crippen LogP contribution is 2.11. The number of aromatic nitrogens is 2. The molecule has 1 heterocycles. The molecule has 0 spiro atoms. The van der Waals surface area contributed by atoms with Crippen LogP contribution in [0, 0.1) is 0 Å². The molecule has 2 aromatic carbocycles. The lowest BCUT2D eigenvalue weighted by Crippen LogP contribution is -2.19. The van der Waals surface area contributed by atoms with Crippen molar-refractivity contribution in [3.8, 4) is 0 Å². The highest BCUT2D eigenvalue weighted by atomic mass is 79.9. The van der Waals surface area contributed by atoms with E-state index in [4.69, 9.17) is 0 Å². The highest BCUT2D eigenvalue weighted by Gasteiger charge is 2.02. The first-order chi connectivity index (χ1) is 10.2. The molecule has 0 amide bonds. The van der Waals surface area contributed by atoms with Crippen LogP contribution >= 0.6 is 15.9 Å². The molecule has 0 aliphatic rings. The summed E-state index contributed by atoms with van der Waals surface area (Å²) >= 11 is 3.45. The molecule has 0 saturated heterocycles. The molecule has 0 atom stereocenters. The maximum Gasteiger partial charge on any atom is 0.258 e. The Balaban J connectivity index is 1.72. The van der Waals surface area contributed by atoms with Gasteiger partial charge in [-0.25, -0.2) is 4.98 Å². The van der Waals surface area contributed by atoms with Gasteiger partial charge in [0, 0.05) is 11.0 Å². The summed E-state index contributed by atoms with van der Waals surface area (Å²) in [5, 5.41) is 3.90. The van der Waals surface area contributed by atoms with Crippen LogP contribution in [0.25, 0.3) is 10.9 Å². The number of para-hydroxylation sites is 1. The molecule has 0 aliphatic carbocycles. The van der Waals surface area contributed by atoms with Crippen molar-refractivity contribution in [1.29, 1.82) is 0 Å². The van der Waals surface area contributed by atoms with E-state index in [1.54, 1.807) is 6.07 Å². The Morgan fingerprint density at radius 1 is 1.10 bits per heavy atom. The predicted octanol–water partition coefficient (Wildman–Crippen LogP) is 2.98. The van der Waals surface area contributed by atoms with E-state index in [1.165, 1.54) is 5.56 Å². The number of nitrogens with one attached hydrogen (secondary N) is 2. The van der Waals surface area contributed by atoms with Crippen molar-refractivity contribution in [2.45, 2.75) is 13.1 Å².